The first-order chi connectivity index (χ1) is 23.1. The highest BCUT2D eigenvalue weighted by Gasteiger charge is 2.52. The lowest BCUT2D eigenvalue weighted by Crippen LogP contribution is -2.38. The van der Waals surface area contributed by atoms with Crippen molar-refractivity contribution in [2.75, 3.05) is 4.90 Å². The molecule has 0 spiro atoms. The molecule has 7 aromatic rings. The Balaban J connectivity index is 1.31. The Morgan fingerprint density at radius 2 is 1.36 bits per heavy atom. The van der Waals surface area contributed by atoms with Crippen molar-refractivity contribution in [2.24, 2.45) is 5.92 Å². The molecular weight excluding hydrogens is 571 g/mol. The highest BCUT2D eigenvalue weighted by molar-refractivity contribution is 6.14. The fourth-order valence-electron chi connectivity index (χ4n) is 8.71. The average Bonchev–Trinajstić information content (AvgIpc) is 3.72. The van der Waals surface area contributed by atoms with Gasteiger partial charge < -0.3 is 14.0 Å². The van der Waals surface area contributed by atoms with E-state index >= 15 is 0 Å². The molecule has 47 heavy (non-hydrogen) atoms. The van der Waals surface area contributed by atoms with Gasteiger partial charge in [0.25, 0.3) is 0 Å². The average molecular weight is 604 g/mol. The van der Waals surface area contributed by atoms with Crippen molar-refractivity contribution in [1.82, 2.24) is 9.13 Å². The largest absolute Gasteiger partial charge is 0.335 e. The minimum absolute atomic E-state index is 0.0485. The summed E-state index contributed by atoms with van der Waals surface area (Å²) in [5.41, 5.74) is 11.9. The number of fused-ring (bicyclic) bond motifs is 10. The Morgan fingerprint density at radius 3 is 2.19 bits per heavy atom. The summed E-state index contributed by atoms with van der Waals surface area (Å²) in [5, 5.41) is 3.75. The van der Waals surface area contributed by atoms with Crippen LogP contribution in [0.2, 0.25) is 0 Å². The van der Waals surface area contributed by atoms with Crippen LogP contribution in [0.3, 0.4) is 0 Å². The molecule has 2 aromatic heterocycles. The van der Waals surface area contributed by atoms with Crippen LogP contribution in [0, 0.1) is 17.8 Å². The highest BCUT2D eigenvalue weighted by Crippen LogP contribution is 2.59. The third kappa shape index (κ3) is 3.48. The molecule has 0 bridgehead atoms. The zero-order chi connectivity index (χ0) is 31.3. The smallest absolute Gasteiger partial charge is 0.103 e. The van der Waals surface area contributed by atoms with Crippen LogP contribution >= 0.6 is 0 Å². The first-order valence-corrected chi connectivity index (χ1v) is 16.6. The standard InChI is InChI=1S/C44H33N3/c1-29-15-6-10-21-34(29)47-37-24-13-9-20-33(37)44(2)28-27-40-42(43(44)47)32-19-8-12-23-36(32)46(40)39-26-14-25-38-41(39)31-18-7-11-22-35(31)45(38)30-16-4-3-5-17-30/h3-14,16-26,29,43H,15H2,1-2H3. The summed E-state index contributed by atoms with van der Waals surface area (Å²) in [5.74, 6) is 8.10. The molecule has 3 atom stereocenters. The fourth-order valence-corrected chi connectivity index (χ4v) is 8.71. The Labute approximate surface area is 274 Å². The van der Waals surface area contributed by atoms with Crippen molar-refractivity contribution in [3.8, 4) is 23.2 Å². The van der Waals surface area contributed by atoms with Crippen LogP contribution in [0.4, 0.5) is 5.69 Å². The van der Waals surface area contributed by atoms with Crippen molar-refractivity contribution < 1.29 is 0 Å². The van der Waals surface area contributed by atoms with E-state index in [9.17, 15) is 0 Å². The van der Waals surface area contributed by atoms with Crippen molar-refractivity contribution >= 4 is 38.4 Å². The predicted molar refractivity (Wildman–Crippen MR) is 195 cm³/mol. The third-order valence-corrected chi connectivity index (χ3v) is 10.8. The molecule has 0 amide bonds. The topological polar surface area (TPSA) is 13.1 Å². The molecule has 224 valence electrons. The van der Waals surface area contributed by atoms with E-state index in [1.807, 2.05) is 0 Å². The zero-order valence-corrected chi connectivity index (χ0v) is 26.5. The number of allylic oxidation sites excluding steroid dienone is 4. The number of hydrogen-bond donors (Lipinski definition) is 0. The van der Waals surface area contributed by atoms with Crippen LogP contribution < -0.4 is 4.90 Å². The fraction of sp³-hybridized carbons (Fsp3) is 0.136. The van der Waals surface area contributed by atoms with E-state index in [0.717, 1.165) is 17.8 Å². The lowest BCUT2D eigenvalue weighted by Gasteiger charge is -2.39. The molecule has 0 fully saturated rings. The molecule has 0 radical (unpaired) electrons. The third-order valence-electron chi connectivity index (χ3n) is 10.8. The van der Waals surface area contributed by atoms with E-state index in [4.69, 9.17) is 0 Å². The number of rotatable bonds is 3. The maximum atomic E-state index is 3.88. The minimum atomic E-state index is -0.352. The van der Waals surface area contributed by atoms with Gasteiger partial charge in [-0.05, 0) is 79.3 Å². The van der Waals surface area contributed by atoms with Gasteiger partial charge in [0, 0.05) is 38.8 Å². The summed E-state index contributed by atoms with van der Waals surface area (Å²) in [7, 11) is 0. The number of benzene rings is 5. The normalized spacial score (nSPS) is 21.0. The summed E-state index contributed by atoms with van der Waals surface area (Å²) in [4.78, 5) is 2.63. The van der Waals surface area contributed by atoms with Gasteiger partial charge in [0.1, 0.15) is 5.69 Å². The zero-order valence-electron chi connectivity index (χ0n) is 26.5. The van der Waals surface area contributed by atoms with E-state index in [-0.39, 0.29) is 11.5 Å². The molecular formula is C44H33N3. The van der Waals surface area contributed by atoms with Crippen molar-refractivity contribution in [3.05, 3.63) is 162 Å². The predicted octanol–water partition coefficient (Wildman–Crippen LogP) is 10.4. The second-order valence-corrected chi connectivity index (χ2v) is 13.4. The SMILES string of the molecule is CC1CC=CC=C1N1c2ccccc2C2(C)C#Cc3c(c4ccccc4n3-c3cccc4c3c3ccccc3n4-c3ccccc3)C12. The van der Waals surface area contributed by atoms with Crippen LogP contribution in [0.25, 0.3) is 44.1 Å². The number of para-hydroxylation sites is 4. The van der Waals surface area contributed by atoms with Gasteiger partial charge in [-0.2, -0.15) is 0 Å². The molecule has 3 unspecified atom stereocenters. The van der Waals surface area contributed by atoms with Gasteiger partial charge in [0.2, 0.25) is 0 Å². The van der Waals surface area contributed by atoms with Gasteiger partial charge in [-0.3, -0.25) is 0 Å². The van der Waals surface area contributed by atoms with E-state index in [1.165, 1.54) is 60.9 Å². The first-order valence-electron chi connectivity index (χ1n) is 16.6. The summed E-state index contributed by atoms with van der Waals surface area (Å²) >= 11 is 0. The molecule has 3 aliphatic rings. The Morgan fingerprint density at radius 1 is 0.681 bits per heavy atom. The molecule has 10 rings (SSSR count). The van der Waals surface area contributed by atoms with Gasteiger partial charge in [-0.15, -0.1) is 0 Å². The maximum absolute atomic E-state index is 3.88. The van der Waals surface area contributed by atoms with Crippen molar-refractivity contribution in [1.29, 1.82) is 0 Å². The Hall–Kier alpha value is -5.72. The minimum Gasteiger partial charge on any atom is -0.335 e. The van der Waals surface area contributed by atoms with Crippen LogP contribution in [0.5, 0.6) is 0 Å². The van der Waals surface area contributed by atoms with Gasteiger partial charge in [0.05, 0.1) is 33.7 Å². The lowest BCUT2D eigenvalue weighted by molar-refractivity contribution is 0.488. The molecule has 1 aliphatic heterocycles. The molecule has 3 heteroatoms. The Bertz CT molecular complexity index is 2550. The maximum Gasteiger partial charge on any atom is 0.103 e. The van der Waals surface area contributed by atoms with Gasteiger partial charge in [-0.1, -0.05) is 104 Å². The van der Waals surface area contributed by atoms with Gasteiger partial charge in [0.15, 0.2) is 0 Å². The molecule has 0 N–H and O–H groups in total. The number of anilines is 1. The molecule has 0 saturated carbocycles. The molecule has 3 nitrogen and oxygen atoms in total. The van der Waals surface area contributed by atoms with E-state index in [0.29, 0.717) is 5.92 Å². The summed E-state index contributed by atoms with van der Waals surface area (Å²) in [6.45, 7) is 4.71. The van der Waals surface area contributed by atoms with Crippen molar-refractivity contribution in [3.63, 3.8) is 0 Å². The molecule has 5 aromatic carbocycles. The Kier molecular flexibility index (Phi) is 5.44. The summed E-state index contributed by atoms with van der Waals surface area (Å²) in [6.07, 6.45) is 7.90. The number of aromatic nitrogens is 2. The van der Waals surface area contributed by atoms with Crippen LogP contribution in [-0.2, 0) is 5.41 Å². The van der Waals surface area contributed by atoms with E-state index in [2.05, 4.69) is 179 Å². The molecule has 3 heterocycles. The van der Waals surface area contributed by atoms with Crippen LogP contribution in [0.1, 0.15) is 43.1 Å². The molecule has 0 saturated heterocycles. The molecule has 2 aliphatic carbocycles. The van der Waals surface area contributed by atoms with Crippen LogP contribution in [-0.4, -0.2) is 9.13 Å². The van der Waals surface area contributed by atoms with Gasteiger partial charge >= 0.3 is 0 Å². The van der Waals surface area contributed by atoms with E-state index in [1.54, 1.807) is 0 Å². The van der Waals surface area contributed by atoms with Gasteiger partial charge in [-0.25, -0.2) is 0 Å². The number of hydrogen-bond acceptors (Lipinski definition) is 1. The number of nitrogens with zero attached hydrogens (tertiary/aromatic N) is 3. The van der Waals surface area contributed by atoms with E-state index < -0.39 is 0 Å². The first kappa shape index (κ1) is 26.5. The summed E-state index contributed by atoms with van der Waals surface area (Å²) in [6, 6.07) is 44.2. The highest BCUT2D eigenvalue weighted by atomic mass is 15.2. The second kappa shape index (κ2) is 9.64. The lowest BCUT2D eigenvalue weighted by atomic mass is 9.73. The quantitative estimate of drug-likeness (QED) is 0.183. The van der Waals surface area contributed by atoms with Crippen molar-refractivity contribution in [2.45, 2.75) is 31.7 Å². The second-order valence-electron chi connectivity index (χ2n) is 13.4. The van der Waals surface area contributed by atoms with Crippen LogP contribution in [0.15, 0.2) is 145 Å². The summed E-state index contributed by atoms with van der Waals surface area (Å²) < 4.78 is 4.86. The monoisotopic (exact) mass is 603 g/mol.